The van der Waals surface area contributed by atoms with Crippen molar-refractivity contribution in [2.75, 3.05) is 23.0 Å². The molecule has 0 saturated heterocycles. The fourth-order valence-electron chi connectivity index (χ4n) is 2.82. The van der Waals surface area contributed by atoms with Crippen molar-refractivity contribution in [1.82, 2.24) is 0 Å². The van der Waals surface area contributed by atoms with Gasteiger partial charge in [-0.05, 0) is 62.7 Å². The van der Waals surface area contributed by atoms with Crippen molar-refractivity contribution in [2.45, 2.75) is 32.6 Å². The number of amides is 1. The van der Waals surface area contributed by atoms with Crippen LogP contribution in [-0.2, 0) is 16.6 Å². The molecule has 4 nitrogen and oxygen atoms in total. The molecule has 1 atom stereocenters. The number of hydrogen-bond donors (Lipinski definition) is 1. The SMILES string of the molecule is CCN(c1ccc(NC(=O)c2cccc(CS(C)=O)c2)cc1)C(C)C. The van der Waals surface area contributed by atoms with Crippen LogP contribution in [0.25, 0.3) is 0 Å². The number of nitrogens with zero attached hydrogens (tertiary/aromatic N) is 1. The third kappa shape index (κ3) is 5.43. The molecule has 134 valence electrons. The molecule has 0 aliphatic carbocycles. The molecule has 0 bridgehead atoms. The summed E-state index contributed by atoms with van der Waals surface area (Å²) < 4.78 is 11.4. The second-order valence-electron chi connectivity index (χ2n) is 6.30. The van der Waals surface area contributed by atoms with E-state index < -0.39 is 10.8 Å². The molecule has 0 radical (unpaired) electrons. The maximum Gasteiger partial charge on any atom is 0.255 e. The van der Waals surface area contributed by atoms with Crippen LogP contribution < -0.4 is 10.2 Å². The van der Waals surface area contributed by atoms with Crippen LogP contribution in [0.1, 0.15) is 36.7 Å². The highest BCUT2D eigenvalue weighted by atomic mass is 32.2. The lowest BCUT2D eigenvalue weighted by atomic mass is 10.1. The summed E-state index contributed by atoms with van der Waals surface area (Å²) in [6.07, 6.45) is 1.66. The summed E-state index contributed by atoms with van der Waals surface area (Å²) in [5.41, 5.74) is 3.38. The smallest absolute Gasteiger partial charge is 0.255 e. The van der Waals surface area contributed by atoms with Gasteiger partial charge in [-0.15, -0.1) is 0 Å². The molecule has 2 rings (SSSR count). The predicted molar refractivity (Wildman–Crippen MR) is 107 cm³/mol. The van der Waals surface area contributed by atoms with E-state index in [2.05, 4.69) is 31.0 Å². The summed E-state index contributed by atoms with van der Waals surface area (Å²) >= 11 is 0. The quantitative estimate of drug-likeness (QED) is 0.812. The van der Waals surface area contributed by atoms with Crippen LogP contribution in [0, 0.1) is 0 Å². The highest BCUT2D eigenvalue weighted by Gasteiger charge is 2.10. The van der Waals surface area contributed by atoms with Gasteiger partial charge in [0, 0.05) is 52.3 Å². The summed E-state index contributed by atoms with van der Waals surface area (Å²) in [4.78, 5) is 14.7. The van der Waals surface area contributed by atoms with Crippen molar-refractivity contribution in [2.24, 2.45) is 0 Å². The standard InChI is InChI=1S/C20H26N2O2S/c1-5-22(15(2)3)19-11-9-18(10-12-19)21-20(23)17-8-6-7-16(13-17)14-25(4)24/h6-13,15H,5,14H2,1-4H3,(H,21,23). The summed E-state index contributed by atoms with van der Waals surface area (Å²) in [7, 11) is -0.925. The van der Waals surface area contributed by atoms with Crippen molar-refractivity contribution in [3.8, 4) is 0 Å². The van der Waals surface area contributed by atoms with E-state index in [1.807, 2.05) is 36.4 Å². The van der Waals surface area contributed by atoms with Gasteiger partial charge in [0.05, 0.1) is 0 Å². The van der Waals surface area contributed by atoms with Gasteiger partial charge < -0.3 is 10.2 Å². The van der Waals surface area contributed by atoms with Crippen LogP contribution in [-0.4, -0.2) is 29.0 Å². The van der Waals surface area contributed by atoms with Crippen LogP contribution in [0.3, 0.4) is 0 Å². The number of nitrogens with one attached hydrogen (secondary N) is 1. The van der Waals surface area contributed by atoms with Crippen molar-refractivity contribution in [3.05, 3.63) is 59.7 Å². The first-order valence-corrected chi connectivity index (χ1v) is 10.2. The zero-order valence-electron chi connectivity index (χ0n) is 15.3. The first-order chi connectivity index (χ1) is 11.9. The van der Waals surface area contributed by atoms with Crippen molar-refractivity contribution in [1.29, 1.82) is 0 Å². The third-order valence-electron chi connectivity index (χ3n) is 3.98. The normalized spacial score (nSPS) is 12.0. The lowest BCUT2D eigenvalue weighted by Crippen LogP contribution is -2.30. The summed E-state index contributed by atoms with van der Waals surface area (Å²) in [6, 6.07) is 15.6. The molecule has 0 aromatic heterocycles. The van der Waals surface area contributed by atoms with Crippen LogP contribution in [0.5, 0.6) is 0 Å². The largest absolute Gasteiger partial charge is 0.369 e. The summed E-state index contributed by atoms with van der Waals surface area (Å²) in [5, 5.41) is 2.92. The maximum atomic E-state index is 12.4. The van der Waals surface area contributed by atoms with Gasteiger partial charge in [-0.3, -0.25) is 9.00 Å². The van der Waals surface area contributed by atoms with Gasteiger partial charge in [0.15, 0.2) is 0 Å². The van der Waals surface area contributed by atoms with E-state index >= 15 is 0 Å². The third-order valence-corrected chi connectivity index (χ3v) is 4.72. The lowest BCUT2D eigenvalue weighted by Gasteiger charge is -2.27. The monoisotopic (exact) mass is 358 g/mol. The summed E-state index contributed by atoms with van der Waals surface area (Å²) in [6.45, 7) is 7.39. The molecule has 2 aromatic carbocycles. The minimum absolute atomic E-state index is 0.160. The van der Waals surface area contributed by atoms with E-state index in [1.165, 1.54) is 0 Å². The Kier molecular flexibility index (Phi) is 6.76. The minimum atomic E-state index is -0.925. The van der Waals surface area contributed by atoms with Crippen LogP contribution >= 0.6 is 0 Å². The number of carbonyl (C=O) groups is 1. The average Bonchev–Trinajstić information content (AvgIpc) is 2.56. The van der Waals surface area contributed by atoms with Gasteiger partial charge in [-0.1, -0.05) is 12.1 Å². The minimum Gasteiger partial charge on any atom is -0.369 e. The molecule has 0 saturated carbocycles. The molecule has 0 heterocycles. The van der Waals surface area contributed by atoms with Gasteiger partial charge in [-0.2, -0.15) is 0 Å². The molecule has 0 aliphatic rings. The Bertz CT molecular complexity index is 742. The topological polar surface area (TPSA) is 49.4 Å². The highest BCUT2D eigenvalue weighted by Crippen LogP contribution is 2.20. The maximum absolute atomic E-state index is 12.4. The first kappa shape index (κ1) is 19.2. The lowest BCUT2D eigenvalue weighted by molar-refractivity contribution is 0.102. The fraction of sp³-hybridized carbons (Fsp3) is 0.350. The van der Waals surface area contributed by atoms with E-state index in [1.54, 1.807) is 18.4 Å². The number of benzene rings is 2. The molecular weight excluding hydrogens is 332 g/mol. The molecule has 0 spiro atoms. The van der Waals surface area contributed by atoms with Crippen LogP contribution in [0.4, 0.5) is 11.4 Å². The predicted octanol–water partition coefficient (Wildman–Crippen LogP) is 4.05. The van der Waals surface area contributed by atoms with Crippen molar-refractivity contribution >= 4 is 28.1 Å². The van der Waals surface area contributed by atoms with Crippen molar-refractivity contribution in [3.63, 3.8) is 0 Å². The molecule has 1 amide bonds. The fourth-order valence-corrected chi connectivity index (χ4v) is 3.47. The second-order valence-corrected chi connectivity index (χ2v) is 7.73. The van der Waals surface area contributed by atoms with Crippen molar-refractivity contribution < 1.29 is 9.00 Å². The highest BCUT2D eigenvalue weighted by molar-refractivity contribution is 7.83. The van der Waals surface area contributed by atoms with E-state index in [-0.39, 0.29) is 5.91 Å². The Morgan fingerprint density at radius 2 is 1.84 bits per heavy atom. The molecule has 25 heavy (non-hydrogen) atoms. The Balaban J connectivity index is 2.09. The van der Waals surface area contributed by atoms with E-state index in [9.17, 15) is 9.00 Å². The second kappa shape index (κ2) is 8.81. The molecule has 0 fully saturated rings. The molecule has 5 heteroatoms. The molecule has 0 aliphatic heterocycles. The molecule has 1 N–H and O–H groups in total. The molecular formula is C20H26N2O2S. The van der Waals surface area contributed by atoms with E-state index in [0.717, 1.165) is 23.5 Å². The molecule has 2 aromatic rings. The molecule has 1 unspecified atom stereocenters. The Labute approximate surface area is 152 Å². The number of anilines is 2. The Hall–Kier alpha value is -2.14. The van der Waals surface area contributed by atoms with Gasteiger partial charge in [0.2, 0.25) is 0 Å². The van der Waals surface area contributed by atoms with E-state index in [0.29, 0.717) is 17.4 Å². The van der Waals surface area contributed by atoms with Gasteiger partial charge in [0.25, 0.3) is 5.91 Å². The van der Waals surface area contributed by atoms with Crippen LogP contribution in [0.15, 0.2) is 48.5 Å². The van der Waals surface area contributed by atoms with Gasteiger partial charge >= 0.3 is 0 Å². The zero-order chi connectivity index (χ0) is 18.4. The summed E-state index contributed by atoms with van der Waals surface area (Å²) in [5.74, 6) is 0.297. The Morgan fingerprint density at radius 3 is 2.40 bits per heavy atom. The van der Waals surface area contributed by atoms with E-state index in [4.69, 9.17) is 0 Å². The average molecular weight is 359 g/mol. The van der Waals surface area contributed by atoms with Gasteiger partial charge in [0.1, 0.15) is 0 Å². The number of rotatable bonds is 7. The Morgan fingerprint density at radius 1 is 1.16 bits per heavy atom. The van der Waals surface area contributed by atoms with Crippen LogP contribution in [0.2, 0.25) is 0 Å². The zero-order valence-corrected chi connectivity index (χ0v) is 16.1. The number of hydrogen-bond acceptors (Lipinski definition) is 3. The number of carbonyl (C=O) groups excluding carboxylic acids is 1. The van der Waals surface area contributed by atoms with Gasteiger partial charge in [-0.25, -0.2) is 0 Å². The first-order valence-electron chi connectivity index (χ1n) is 8.47.